The number of benzene rings is 2. The van der Waals surface area contributed by atoms with Crippen molar-refractivity contribution < 1.29 is 0 Å². The van der Waals surface area contributed by atoms with Gasteiger partial charge >= 0.3 is 0 Å². The molecular weight excluding hydrogens is 338 g/mol. The molecule has 0 spiro atoms. The van der Waals surface area contributed by atoms with Crippen molar-refractivity contribution in [2.24, 2.45) is 0 Å². The number of rotatable bonds is 4. The summed E-state index contributed by atoms with van der Waals surface area (Å²) >= 11 is 1.72. The number of thiophene rings is 1. The van der Waals surface area contributed by atoms with Crippen LogP contribution in [0.5, 0.6) is 0 Å². The molecule has 0 saturated heterocycles. The van der Waals surface area contributed by atoms with Crippen LogP contribution >= 0.6 is 11.3 Å². The predicted molar refractivity (Wildman–Crippen MR) is 111 cm³/mol. The van der Waals surface area contributed by atoms with E-state index in [2.05, 4.69) is 74.6 Å². The third kappa shape index (κ3) is 3.46. The van der Waals surface area contributed by atoms with Gasteiger partial charge in [0.2, 0.25) is 0 Å². The minimum Gasteiger partial charge on any atom is -0.339 e. The molecule has 0 unspecified atom stereocenters. The molecule has 2 aromatic heterocycles. The normalized spacial score (nSPS) is 11.0. The van der Waals surface area contributed by atoms with Gasteiger partial charge in [0.15, 0.2) is 0 Å². The molecule has 0 radical (unpaired) electrons. The summed E-state index contributed by atoms with van der Waals surface area (Å²) in [5, 5.41) is 4.62. The van der Waals surface area contributed by atoms with E-state index in [9.17, 15) is 0 Å². The van der Waals surface area contributed by atoms with Crippen molar-refractivity contribution in [2.75, 3.05) is 5.32 Å². The lowest BCUT2D eigenvalue weighted by Crippen LogP contribution is -2.02. The maximum atomic E-state index is 4.85. The fourth-order valence-electron chi connectivity index (χ4n) is 3.12. The molecule has 4 heteroatoms. The zero-order valence-electron chi connectivity index (χ0n) is 15.2. The highest BCUT2D eigenvalue weighted by atomic mass is 32.1. The average molecular weight is 359 g/mol. The van der Waals surface area contributed by atoms with Crippen molar-refractivity contribution in [3.8, 4) is 0 Å². The Bertz CT molecular complexity index is 1070. The molecule has 1 N–H and O–H groups in total. The van der Waals surface area contributed by atoms with Gasteiger partial charge in [0.05, 0.1) is 5.39 Å². The molecule has 4 aromatic rings. The van der Waals surface area contributed by atoms with E-state index < -0.39 is 0 Å². The number of aryl methyl sites for hydroxylation is 3. The zero-order chi connectivity index (χ0) is 18.1. The fraction of sp³-hybridized carbons (Fsp3) is 0.182. The largest absolute Gasteiger partial charge is 0.339 e. The maximum Gasteiger partial charge on any atom is 0.142 e. The van der Waals surface area contributed by atoms with Crippen LogP contribution in [0.15, 0.2) is 54.6 Å². The predicted octanol–water partition coefficient (Wildman–Crippen LogP) is 5.95. The summed E-state index contributed by atoms with van der Waals surface area (Å²) in [4.78, 5) is 11.9. The molecule has 130 valence electrons. The highest BCUT2D eigenvalue weighted by Crippen LogP contribution is 2.31. The monoisotopic (exact) mass is 359 g/mol. The van der Waals surface area contributed by atoms with E-state index in [4.69, 9.17) is 9.97 Å². The molecule has 0 bridgehead atoms. The quantitative estimate of drug-likeness (QED) is 0.489. The van der Waals surface area contributed by atoms with Gasteiger partial charge < -0.3 is 5.32 Å². The van der Waals surface area contributed by atoms with Crippen molar-refractivity contribution in [3.63, 3.8) is 0 Å². The number of hydrogen-bond donors (Lipinski definition) is 1. The Hall–Kier alpha value is -2.72. The summed E-state index contributed by atoms with van der Waals surface area (Å²) in [6.07, 6.45) is 0.731. The van der Waals surface area contributed by atoms with Crippen LogP contribution in [0.1, 0.15) is 27.4 Å². The Morgan fingerprint density at radius 3 is 2.50 bits per heavy atom. The first-order valence-electron chi connectivity index (χ1n) is 8.74. The van der Waals surface area contributed by atoms with Crippen LogP contribution in [0, 0.1) is 20.8 Å². The molecular formula is C22H21N3S. The Morgan fingerprint density at radius 2 is 1.73 bits per heavy atom. The smallest absolute Gasteiger partial charge is 0.142 e. The minimum absolute atomic E-state index is 0.731. The molecule has 0 aliphatic rings. The molecule has 3 nitrogen and oxygen atoms in total. The highest BCUT2D eigenvalue weighted by molar-refractivity contribution is 7.18. The molecule has 0 saturated carbocycles. The van der Waals surface area contributed by atoms with Crippen molar-refractivity contribution in [1.29, 1.82) is 0 Å². The van der Waals surface area contributed by atoms with Crippen LogP contribution in [0.3, 0.4) is 0 Å². The highest BCUT2D eigenvalue weighted by Gasteiger charge is 2.12. The molecule has 26 heavy (non-hydrogen) atoms. The number of hydrogen-bond acceptors (Lipinski definition) is 4. The van der Waals surface area contributed by atoms with Crippen LogP contribution < -0.4 is 5.32 Å². The van der Waals surface area contributed by atoms with E-state index in [0.717, 1.165) is 34.0 Å². The molecule has 0 amide bonds. The zero-order valence-corrected chi connectivity index (χ0v) is 16.0. The molecule has 2 heterocycles. The van der Waals surface area contributed by atoms with Gasteiger partial charge in [-0.25, -0.2) is 9.97 Å². The second kappa shape index (κ2) is 6.89. The number of aromatic nitrogens is 2. The molecule has 2 aromatic carbocycles. The van der Waals surface area contributed by atoms with E-state index >= 15 is 0 Å². The standard InChI is InChI=1S/C22H21N3S/c1-14-9-10-19(15(2)11-14)23-21-18-12-16(3)26-22(18)25-20(24-21)13-17-7-5-4-6-8-17/h4-12H,13H2,1-3H3,(H,23,24,25). The molecule has 0 fully saturated rings. The Balaban J connectivity index is 1.76. The van der Waals surface area contributed by atoms with Gasteiger partial charge in [-0.3, -0.25) is 0 Å². The van der Waals surface area contributed by atoms with Crippen LogP contribution in [-0.2, 0) is 6.42 Å². The fourth-order valence-corrected chi connectivity index (χ4v) is 4.02. The summed E-state index contributed by atoms with van der Waals surface area (Å²) in [5.74, 6) is 1.73. The average Bonchev–Trinajstić information content (AvgIpc) is 2.99. The van der Waals surface area contributed by atoms with Gasteiger partial charge in [0.1, 0.15) is 16.5 Å². The van der Waals surface area contributed by atoms with Crippen LogP contribution in [0.25, 0.3) is 10.2 Å². The second-order valence-corrected chi connectivity index (χ2v) is 7.90. The lowest BCUT2D eigenvalue weighted by atomic mass is 10.1. The third-order valence-electron chi connectivity index (χ3n) is 4.40. The second-order valence-electron chi connectivity index (χ2n) is 6.67. The Kier molecular flexibility index (Phi) is 4.43. The van der Waals surface area contributed by atoms with E-state index in [-0.39, 0.29) is 0 Å². The van der Waals surface area contributed by atoms with Gasteiger partial charge in [0.25, 0.3) is 0 Å². The summed E-state index contributed by atoms with van der Waals surface area (Å²) < 4.78 is 0. The Labute approximate surface area is 157 Å². The number of nitrogens with zero attached hydrogens (tertiary/aromatic N) is 2. The summed E-state index contributed by atoms with van der Waals surface area (Å²) in [6, 6.07) is 19.0. The number of nitrogens with one attached hydrogen (secondary N) is 1. The van der Waals surface area contributed by atoms with E-state index in [1.165, 1.54) is 21.6 Å². The first kappa shape index (κ1) is 16.7. The van der Waals surface area contributed by atoms with Crippen LogP contribution in [0.2, 0.25) is 0 Å². The van der Waals surface area contributed by atoms with E-state index in [0.29, 0.717) is 0 Å². The summed E-state index contributed by atoms with van der Waals surface area (Å²) in [7, 11) is 0. The maximum absolute atomic E-state index is 4.85. The van der Waals surface area contributed by atoms with Crippen molar-refractivity contribution in [3.05, 3.63) is 82.0 Å². The Morgan fingerprint density at radius 1 is 0.923 bits per heavy atom. The molecule has 0 atom stereocenters. The molecule has 0 aliphatic heterocycles. The van der Waals surface area contributed by atoms with E-state index in [1.807, 2.05) is 6.07 Å². The summed E-state index contributed by atoms with van der Waals surface area (Å²) in [5.41, 5.74) is 4.79. The number of anilines is 2. The lowest BCUT2D eigenvalue weighted by molar-refractivity contribution is 0.999. The van der Waals surface area contributed by atoms with Gasteiger partial charge in [-0.05, 0) is 44.0 Å². The van der Waals surface area contributed by atoms with Crippen molar-refractivity contribution in [1.82, 2.24) is 9.97 Å². The molecule has 4 rings (SSSR count). The lowest BCUT2D eigenvalue weighted by Gasteiger charge is -2.12. The SMILES string of the molecule is Cc1ccc(Nc2nc(Cc3ccccc3)nc3sc(C)cc23)c(C)c1. The summed E-state index contributed by atoms with van der Waals surface area (Å²) in [6.45, 7) is 6.35. The van der Waals surface area contributed by atoms with Gasteiger partial charge in [-0.2, -0.15) is 0 Å². The number of fused-ring (bicyclic) bond motifs is 1. The van der Waals surface area contributed by atoms with Crippen molar-refractivity contribution in [2.45, 2.75) is 27.2 Å². The third-order valence-corrected chi connectivity index (χ3v) is 5.35. The topological polar surface area (TPSA) is 37.8 Å². The van der Waals surface area contributed by atoms with E-state index in [1.54, 1.807) is 11.3 Å². The van der Waals surface area contributed by atoms with Gasteiger partial charge in [-0.1, -0.05) is 48.0 Å². The van der Waals surface area contributed by atoms with Crippen LogP contribution in [0.4, 0.5) is 11.5 Å². The first-order chi connectivity index (χ1) is 12.6. The minimum atomic E-state index is 0.731. The molecule has 0 aliphatic carbocycles. The van der Waals surface area contributed by atoms with Crippen LogP contribution in [-0.4, -0.2) is 9.97 Å². The van der Waals surface area contributed by atoms with Crippen molar-refractivity contribution >= 4 is 33.1 Å². The van der Waals surface area contributed by atoms with Gasteiger partial charge in [-0.15, -0.1) is 11.3 Å². The van der Waals surface area contributed by atoms with Gasteiger partial charge in [0, 0.05) is 17.0 Å². The first-order valence-corrected chi connectivity index (χ1v) is 9.55.